The first-order chi connectivity index (χ1) is 9.49. The summed E-state index contributed by atoms with van der Waals surface area (Å²) in [5.74, 6) is 0. The smallest absolute Gasteiger partial charge is 0.133 e. The molecule has 0 aliphatic carbocycles. The summed E-state index contributed by atoms with van der Waals surface area (Å²) in [6.45, 7) is 10.0. The van der Waals surface area contributed by atoms with Crippen molar-refractivity contribution in [1.29, 1.82) is 0 Å². The standard InChI is InChI=1S/C17H25N2P/c1-18(2)12-11-16-10-9-14-7-6-8-15(13-20(4)5)17(14)19(16)3/h6-10H,3,11-13H2,1-2,4-5H3. The number of benzene rings is 1. The van der Waals surface area contributed by atoms with Crippen molar-refractivity contribution in [3.05, 3.63) is 41.4 Å². The summed E-state index contributed by atoms with van der Waals surface area (Å²) in [6.07, 6.45) is 6.65. The van der Waals surface area contributed by atoms with Crippen LogP contribution in [0, 0.1) is 6.04 Å². The van der Waals surface area contributed by atoms with E-state index in [1.54, 1.807) is 0 Å². The zero-order valence-electron chi connectivity index (χ0n) is 13.1. The fraction of sp³-hybridized carbons (Fsp3) is 0.412. The van der Waals surface area contributed by atoms with E-state index in [0.717, 1.165) is 13.0 Å². The molecule has 2 nitrogen and oxygen atoms in total. The number of nitrogens with zero attached hydrogens (tertiary/aromatic N) is 2. The van der Waals surface area contributed by atoms with E-state index in [-0.39, 0.29) is 7.92 Å². The van der Waals surface area contributed by atoms with Crippen LogP contribution in [0.5, 0.6) is 0 Å². The molecule has 1 aliphatic heterocycles. The Labute approximate surface area is 124 Å². The molecule has 3 heteroatoms. The SMILES string of the molecule is C=[N+]1c2c(cccc2CP(C)C)C=C[C-]1CCN(C)C. The number of para-hydroxylation sites is 1. The first kappa shape index (κ1) is 15.3. The molecule has 0 saturated heterocycles. The third-order valence-corrected chi connectivity index (χ3v) is 4.50. The van der Waals surface area contributed by atoms with Gasteiger partial charge in [0.2, 0.25) is 0 Å². The quantitative estimate of drug-likeness (QED) is 0.454. The molecule has 0 radical (unpaired) electrons. The Morgan fingerprint density at radius 2 is 2.05 bits per heavy atom. The summed E-state index contributed by atoms with van der Waals surface area (Å²) in [5.41, 5.74) is 4.03. The van der Waals surface area contributed by atoms with E-state index in [4.69, 9.17) is 0 Å². The largest absolute Gasteiger partial charge is 0.310 e. The highest BCUT2D eigenvalue weighted by molar-refractivity contribution is 7.55. The normalized spacial score (nSPS) is 14.3. The van der Waals surface area contributed by atoms with Crippen LogP contribution in [0.25, 0.3) is 6.08 Å². The summed E-state index contributed by atoms with van der Waals surface area (Å²) in [7, 11) is 4.29. The predicted molar refractivity (Wildman–Crippen MR) is 91.4 cm³/mol. The van der Waals surface area contributed by atoms with Gasteiger partial charge in [-0.15, -0.1) is 14.0 Å². The molecule has 1 aromatic carbocycles. The third-order valence-electron chi connectivity index (χ3n) is 3.52. The van der Waals surface area contributed by atoms with E-state index >= 15 is 0 Å². The maximum Gasteiger partial charge on any atom is 0.133 e. The molecule has 1 heterocycles. The lowest BCUT2D eigenvalue weighted by Crippen LogP contribution is -2.21. The minimum Gasteiger partial charge on any atom is -0.310 e. The Hall–Kier alpha value is -1.11. The molecule has 1 aliphatic rings. The minimum atomic E-state index is 0.0605. The van der Waals surface area contributed by atoms with Crippen molar-refractivity contribution in [3.63, 3.8) is 0 Å². The first-order valence-corrected chi connectivity index (χ1v) is 9.47. The highest BCUT2D eigenvalue weighted by Gasteiger charge is 2.21. The molecule has 108 valence electrons. The molecule has 0 unspecified atom stereocenters. The Morgan fingerprint density at radius 1 is 1.30 bits per heavy atom. The van der Waals surface area contributed by atoms with E-state index in [9.17, 15) is 0 Å². The molecule has 1 aromatic rings. The number of rotatable bonds is 5. The van der Waals surface area contributed by atoms with Gasteiger partial charge in [-0.1, -0.05) is 24.3 Å². The van der Waals surface area contributed by atoms with Crippen molar-refractivity contribution in [2.75, 3.05) is 34.0 Å². The van der Waals surface area contributed by atoms with E-state index in [1.807, 2.05) is 0 Å². The second kappa shape index (κ2) is 6.56. The van der Waals surface area contributed by atoms with Crippen molar-refractivity contribution >= 4 is 26.4 Å². The fourth-order valence-electron chi connectivity index (χ4n) is 2.52. The molecular weight excluding hydrogens is 263 g/mol. The van der Waals surface area contributed by atoms with Gasteiger partial charge in [-0.05, 0) is 51.3 Å². The third kappa shape index (κ3) is 3.50. The van der Waals surface area contributed by atoms with Crippen molar-refractivity contribution in [3.8, 4) is 0 Å². The van der Waals surface area contributed by atoms with Gasteiger partial charge in [0.25, 0.3) is 0 Å². The van der Waals surface area contributed by atoms with Gasteiger partial charge in [0.1, 0.15) is 11.7 Å². The van der Waals surface area contributed by atoms with Crippen LogP contribution in [0.1, 0.15) is 17.5 Å². The van der Waals surface area contributed by atoms with Crippen LogP contribution in [0.3, 0.4) is 0 Å². The Morgan fingerprint density at radius 3 is 2.70 bits per heavy atom. The van der Waals surface area contributed by atoms with E-state index in [1.165, 1.54) is 29.0 Å². The van der Waals surface area contributed by atoms with Gasteiger partial charge < -0.3 is 4.90 Å². The van der Waals surface area contributed by atoms with Crippen molar-refractivity contribution in [2.24, 2.45) is 0 Å². The zero-order chi connectivity index (χ0) is 14.7. The van der Waals surface area contributed by atoms with Crippen molar-refractivity contribution in [2.45, 2.75) is 12.6 Å². The average molecular weight is 288 g/mol. The second-order valence-corrected chi connectivity index (χ2v) is 8.37. The van der Waals surface area contributed by atoms with Crippen LogP contribution < -0.4 is 0 Å². The summed E-state index contributed by atoms with van der Waals surface area (Å²) in [5, 5.41) is 0. The Balaban J connectivity index is 2.27. The van der Waals surface area contributed by atoms with Gasteiger partial charge in [-0.25, -0.2) is 0 Å². The van der Waals surface area contributed by atoms with Crippen molar-refractivity contribution in [1.82, 2.24) is 4.90 Å². The van der Waals surface area contributed by atoms with Crippen LogP contribution in [-0.2, 0) is 6.16 Å². The van der Waals surface area contributed by atoms with E-state index < -0.39 is 0 Å². The van der Waals surface area contributed by atoms with Crippen LogP contribution in [0.15, 0.2) is 24.3 Å². The molecule has 0 aromatic heterocycles. The van der Waals surface area contributed by atoms with Crippen LogP contribution in [0.4, 0.5) is 5.69 Å². The topological polar surface area (TPSA) is 6.25 Å². The second-order valence-electron chi connectivity index (χ2n) is 5.90. The fourth-order valence-corrected chi connectivity index (χ4v) is 3.46. The average Bonchev–Trinajstić information content (AvgIpc) is 2.37. The first-order valence-electron chi connectivity index (χ1n) is 7.05. The van der Waals surface area contributed by atoms with Gasteiger partial charge in [-0.3, -0.25) is 4.58 Å². The summed E-state index contributed by atoms with van der Waals surface area (Å²) in [4.78, 5) is 2.22. The van der Waals surface area contributed by atoms with E-state index in [0.29, 0.717) is 0 Å². The molecule has 0 saturated carbocycles. The van der Waals surface area contributed by atoms with E-state index in [2.05, 4.69) is 74.0 Å². The maximum absolute atomic E-state index is 4.30. The number of hydrogen-bond donors (Lipinski definition) is 0. The van der Waals surface area contributed by atoms with Gasteiger partial charge in [0, 0.05) is 6.42 Å². The van der Waals surface area contributed by atoms with Crippen LogP contribution in [0.2, 0.25) is 0 Å². The predicted octanol–water partition coefficient (Wildman–Crippen LogP) is 3.78. The maximum atomic E-state index is 4.30. The lowest BCUT2D eigenvalue weighted by molar-refractivity contribution is -0.411. The van der Waals surface area contributed by atoms with Gasteiger partial charge in [0.05, 0.1) is 6.72 Å². The zero-order valence-corrected chi connectivity index (χ0v) is 14.0. The molecule has 0 bridgehead atoms. The van der Waals surface area contributed by atoms with Gasteiger partial charge >= 0.3 is 0 Å². The summed E-state index contributed by atoms with van der Waals surface area (Å²) in [6, 6.07) is 7.90. The van der Waals surface area contributed by atoms with Crippen LogP contribution in [-0.4, -0.2) is 50.2 Å². The lowest BCUT2D eigenvalue weighted by Gasteiger charge is -2.27. The molecule has 0 amide bonds. The highest BCUT2D eigenvalue weighted by Crippen LogP contribution is 2.40. The number of fused-ring (bicyclic) bond motifs is 1. The minimum absolute atomic E-state index is 0.0605. The molecular formula is C17H25N2P. The number of hydrogen-bond acceptors (Lipinski definition) is 1. The monoisotopic (exact) mass is 288 g/mol. The summed E-state index contributed by atoms with van der Waals surface area (Å²) < 4.78 is 2.15. The Bertz CT molecular complexity index is 518. The molecule has 20 heavy (non-hydrogen) atoms. The molecule has 2 rings (SSSR count). The van der Waals surface area contributed by atoms with Crippen LogP contribution >= 0.6 is 7.92 Å². The highest BCUT2D eigenvalue weighted by atomic mass is 31.1. The molecule has 0 fully saturated rings. The molecule has 0 atom stereocenters. The van der Waals surface area contributed by atoms with Crippen molar-refractivity contribution < 1.29 is 4.58 Å². The van der Waals surface area contributed by atoms with Gasteiger partial charge in [0.15, 0.2) is 0 Å². The lowest BCUT2D eigenvalue weighted by atomic mass is 9.99. The Kier molecular flexibility index (Phi) is 5.01. The summed E-state index contributed by atoms with van der Waals surface area (Å²) >= 11 is 0. The van der Waals surface area contributed by atoms with Gasteiger partial charge in [-0.2, -0.15) is 0 Å². The molecule has 0 spiro atoms. The molecule has 0 N–H and O–H groups in total.